The molecule has 0 aromatic rings. The van der Waals surface area contributed by atoms with Gasteiger partial charge in [0.15, 0.2) is 0 Å². The molecule has 1 spiro atoms. The van der Waals surface area contributed by atoms with E-state index in [0.717, 1.165) is 24.4 Å². The van der Waals surface area contributed by atoms with Crippen LogP contribution in [0.2, 0.25) is 0 Å². The first-order valence-electron chi connectivity index (χ1n) is 6.41. The molecule has 1 aliphatic heterocycles. The summed E-state index contributed by atoms with van der Waals surface area (Å²) in [6, 6.07) is 0. The van der Waals surface area contributed by atoms with E-state index in [-0.39, 0.29) is 0 Å². The van der Waals surface area contributed by atoms with Gasteiger partial charge in [-0.3, -0.25) is 0 Å². The molecule has 1 saturated heterocycles. The smallest absolute Gasteiger partial charge is 0.0683 e. The van der Waals surface area contributed by atoms with Crippen molar-refractivity contribution in [2.45, 2.75) is 57.5 Å². The maximum Gasteiger partial charge on any atom is 0.0683 e. The largest absolute Gasteiger partial charge is 0.375 e. The van der Waals surface area contributed by atoms with Gasteiger partial charge in [0.25, 0.3) is 0 Å². The summed E-state index contributed by atoms with van der Waals surface area (Å²) in [5, 5.41) is 0. The van der Waals surface area contributed by atoms with Gasteiger partial charge in [0.2, 0.25) is 0 Å². The molecule has 3 rings (SSSR count). The standard InChI is InChI=1S/C13H22O/c1-10-2-5-13(6-3-10)7-4-11-8-12(11)9-14-13/h10-12H,2-9H2,1H3/t10?,11-,12-,13?/m0/s1. The lowest BCUT2D eigenvalue weighted by Gasteiger charge is -2.39. The van der Waals surface area contributed by atoms with E-state index in [1.54, 1.807) is 0 Å². The molecule has 2 aliphatic carbocycles. The van der Waals surface area contributed by atoms with Gasteiger partial charge in [-0.15, -0.1) is 0 Å². The summed E-state index contributed by atoms with van der Waals surface area (Å²) in [4.78, 5) is 0. The van der Waals surface area contributed by atoms with Crippen molar-refractivity contribution in [1.82, 2.24) is 0 Å². The van der Waals surface area contributed by atoms with Crippen molar-refractivity contribution < 1.29 is 4.74 Å². The van der Waals surface area contributed by atoms with Crippen molar-refractivity contribution >= 4 is 0 Å². The first-order chi connectivity index (χ1) is 6.77. The van der Waals surface area contributed by atoms with Crippen molar-refractivity contribution in [2.75, 3.05) is 6.61 Å². The van der Waals surface area contributed by atoms with E-state index in [0.29, 0.717) is 5.60 Å². The lowest BCUT2D eigenvalue weighted by molar-refractivity contribution is -0.0802. The average Bonchev–Trinajstić information content (AvgIpc) is 2.94. The van der Waals surface area contributed by atoms with Crippen LogP contribution in [0, 0.1) is 17.8 Å². The lowest BCUT2D eigenvalue weighted by atomic mass is 9.77. The lowest BCUT2D eigenvalue weighted by Crippen LogP contribution is -2.36. The third-order valence-corrected chi connectivity index (χ3v) is 4.83. The van der Waals surface area contributed by atoms with Crippen molar-refractivity contribution in [3.63, 3.8) is 0 Å². The van der Waals surface area contributed by atoms with Gasteiger partial charge in [-0.05, 0) is 62.7 Å². The van der Waals surface area contributed by atoms with Crippen LogP contribution in [-0.2, 0) is 4.74 Å². The monoisotopic (exact) mass is 194 g/mol. The number of fused-ring (bicyclic) bond motifs is 1. The van der Waals surface area contributed by atoms with Crippen molar-refractivity contribution in [1.29, 1.82) is 0 Å². The van der Waals surface area contributed by atoms with Crippen LogP contribution < -0.4 is 0 Å². The van der Waals surface area contributed by atoms with E-state index in [9.17, 15) is 0 Å². The summed E-state index contributed by atoms with van der Waals surface area (Å²) in [6.07, 6.45) is 9.76. The van der Waals surface area contributed by atoms with Gasteiger partial charge in [-0.2, -0.15) is 0 Å². The van der Waals surface area contributed by atoms with Gasteiger partial charge >= 0.3 is 0 Å². The fourth-order valence-corrected chi connectivity index (χ4v) is 3.35. The molecule has 0 aromatic carbocycles. The zero-order chi connectivity index (χ0) is 9.60. The maximum absolute atomic E-state index is 6.23. The first kappa shape index (κ1) is 9.21. The fraction of sp³-hybridized carbons (Fsp3) is 1.00. The molecule has 0 radical (unpaired) electrons. The Balaban J connectivity index is 1.64. The van der Waals surface area contributed by atoms with Gasteiger partial charge in [0.05, 0.1) is 12.2 Å². The predicted octanol–water partition coefficient (Wildman–Crippen LogP) is 3.38. The Morgan fingerprint density at radius 3 is 2.50 bits per heavy atom. The van der Waals surface area contributed by atoms with Gasteiger partial charge < -0.3 is 4.74 Å². The molecule has 2 saturated carbocycles. The second kappa shape index (κ2) is 3.23. The molecule has 1 nitrogen and oxygen atoms in total. The number of ether oxygens (including phenoxy) is 1. The minimum Gasteiger partial charge on any atom is -0.375 e. The maximum atomic E-state index is 6.23. The van der Waals surface area contributed by atoms with Crippen LogP contribution in [0.15, 0.2) is 0 Å². The van der Waals surface area contributed by atoms with Crippen LogP contribution in [0.3, 0.4) is 0 Å². The molecule has 0 amide bonds. The average molecular weight is 194 g/mol. The summed E-state index contributed by atoms with van der Waals surface area (Å²) in [5.74, 6) is 2.95. The summed E-state index contributed by atoms with van der Waals surface area (Å²) in [6.45, 7) is 3.47. The molecule has 0 unspecified atom stereocenters. The Bertz CT molecular complexity index is 201. The molecule has 14 heavy (non-hydrogen) atoms. The fourth-order valence-electron chi connectivity index (χ4n) is 3.35. The quantitative estimate of drug-likeness (QED) is 0.574. The molecule has 3 aliphatic rings. The molecular weight excluding hydrogens is 172 g/mol. The van der Waals surface area contributed by atoms with Gasteiger partial charge in [-0.25, -0.2) is 0 Å². The number of hydrogen-bond donors (Lipinski definition) is 0. The molecule has 1 heterocycles. The molecule has 0 bridgehead atoms. The van der Waals surface area contributed by atoms with E-state index in [4.69, 9.17) is 4.74 Å². The Morgan fingerprint density at radius 2 is 1.71 bits per heavy atom. The second-order valence-electron chi connectivity index (χ2n) is 5.97. The predicted molar refractivity (Wildman–Crippen MR) is 57.1 cm³/mol. The second-order valence-corrected chi connectivity index (χ2v) is 5.97. The van der Waals surface area contributed by atoms with E-state index in [1.807, 2.05) is 0 Å². The molecule has 3 fully saturated rings. The Kier molecular flexibility index (Phi) is 2.12. The minimum atomic E-state index is 0.333. The van der Waals surface area contributed by atoms with Crippen LogP contribution in [0.25, 0.3) is 0 Å². The van der Waals surface area contributed by atoms with Crippen LogP contribution >= 0.6 is 0 Å². The SMILES string of the molecule is CC1CCC2(CC1)CC[C@H]1C[C@H]1CO2. The molecule has 80 valence electrons. The molecular formula is C13H22O. The zero-order valence-electron chi connectivity index (χ0n) is 9.30. The first-order valence-corrected chi connectivity index (χ1v) is 6.41. The van der Waals surface area contributed by atoms with Crippen LogP contribution in [0.1, 0.15) is 51.9 Å². The van der Waals surface area contributed by atoms with Crippen LogP contribution in [-0.4, -0.2) is 12.2 Å². The van der Waals surface area contributed by atoms with E-state index in [1.165, 1.54) is 44.9 Å². The van der Waals surface area contributed by atoms with Crippen LogP contribution in [0.5, 0.6) is 0 Å². The Hall–Kier alpha value is -0.0400. The minimum absolute atomic E-state index is 0.333. The summed E-state index contributed by atoms with van der Waals surface area (Å²) in [7, 11) is 0. The number of rotatable bonds is 0. The highest BCUT2D eigenvalue weighted by Crippen LogP contribution is 2.50. The molecule has 0 aromatic heterocycles. The summed E-state index contributed by atoms with van der Waals surface area (Å²) >= 11 is 0. The Labute approximate surface area is 87.2 Å². The normalized spacial score (nSPS) is 52.5. The van der Waals surface area contributed by atoms with E-state index >= 15 is 0 Å². The number of hydrogen-bond acceptors (Lipinski definition) is 1. The van der Waals surface area contributed by atoms with Crippen molar-refractivity contribution in [3.05, 3.63) is 0 Å². The third kappa shape index (κ3) is 1.60. The van der Waals surface area contributed by atoms with Crippen LogP contribution in [0.4, 0.5) is 0 Å². The molecule has 2 atom stereocenters. The highest BCUT2D eigenvalue weighted by molar-refractivity contribution is 4.95. The third-order valence-electron chi connectivity index (χ3n) is 4.83. The highest BCUT2D eigenvalue weighted by Gasteiger charge is 2.45. The van der Waals surface area contributed by atoms with Gasteiger partial charge in [0.1, 0.15) is 0 Å². The Morgan fingerprint density at radius 1 is 1.00 bits per heavy atom. The van der Waals surface area contributed by atoms with Gasteiger partial charge in [0, 0.05) is 0 Å². The topological polar surface area (TPSA) is 9.23 Å². The van der Waals surface area contributed by atoms with Crippen molar-refractivity contribution in [3.8, 4) is 0 Å². The molecule has 1 heteroatoms. The van der Waals surface area contributed by atoms with E-state index in [2.05, 4.69) is 6.92 Å². The van der Waals surface area contributed by atoms with E-state index < -0.39 is 0 Å². The van der Waals surface area contributed by atoms with Gasteiger partial charge in [-0.1, -0.05) is 6.92 Å². The highest BCUT2D eigenvalue weighted by atomic mass is 16.5. The van der Waals surface area contributed by atoms with Crippen molar-refractivity contribution in [2.24, 2.45) is 17.8 Å². The summed E-state index contributed by atoms with van der Waals surface area (Å²) in [5.41, 5.74) is 0.333. The zero-order valence-corrected chi connectivity index (χ0v) is 9.30. The summed E-state index contributed by atoms with van der Waals surface area (Å²) < 4.78 is 6.23. The molecule has 0 N–H and O–H groups in total.